The van der Waals surface area contributed by atoms with Gasteiger partial charge in [0.1, 0.15) is 11.5 Å². The normalized spacial score (nSPS) is 17.1. The van der Waals surface area contributed by atoms with Crippen LogP contribution in [-0.4, -0.2) is 35.3 Å². The molecule has 5 rings (SSSR count). The number of oxime groups is 1. The molecular weight excluding hydrogens is 520 g/mol. The number of nitrogens with zero attached hydrogens (tertiary/aromatic N) is 2. The third-order valence-electron chi connectivity index (χ3n) is 8.03. The van der Waals surface area contributed by atoms with Crippen molar-refractivity contribution in [3.8, 4) is 22.8 Å². The van der Waals surface area contributed by atoms with Gasteiger partial charge in [0.25, 0.3) is 0 Å². The van der Waals surface area contributed by atoms with Crippen LogP contribution in [0.5, 0.6) is 11.5 Å². The molecule has 40 heavy (non-hydrogen) atoms. The molecule has 2 saturated carbocycles. The van der Waals surface area contributed by atoms with Gasteiger partial charge in [0.15, 0.2) is 5.84 Å². The van der Waals surface area contributed by atoms with Gasteiger partial charge in [-0.15, -0.1) is 11.3 Å². The van der Waals surface area contributed by atoms with Crippen LogP contribution in [0, 0.1) is 5.92 Å². The van der Waals surface area contributed by atoms with Gasteiger partial charge in [0.05, 0.1) is 23.9 Å². The van der Waals surface area contributed by atoms with Crippen molar-refractivity contribution in [2.24, 2.45) is 22.5 Å². The molecular formula is C32H42N4O3S. The maximum atomic E-state index is 8.74. The van der Waals surface area contributed by atoms with Crippen LogP contribution in [0.3, 0.4) is 0 Å². The minimum Gasteiger partial charge on any atom is -0.494 e. The number of ether oxygens (including phenoxy) is 2. The van der Waals surface area contributed by atoms with Gasteiger partial charge in [-0.05, 0) is 106 Å². The molecule has 0 saturated heterocycles. The molecule has 1 heterocycles. The maximum absolute atomic E-state index is 8.74. The highest BCUT2D eigenvalue weighted by Gasteiger charge is 2.30. The van der Waals surface area contributed by atoms with Crippen molar-refractivity contribution in [2.75, 3.05) is 13.2 Å². The molecule has 214 valence electrons. The van der Waals surface area contributed by atoms with Gasteiger partial charge in [-0.2, -0.15) is 0 Å². The van der Waals surface area contributed by atoms with E-state index in [4.69, 9.17) is 31.1 Å². The van der Waals surface area contributed by atoms with Gasteiger partial charge in [0, 0.05) is 28.0 Å². The van der Waals surface area contributed by atoms with Crippen molar-refractivity contribution in [1.29, 1.82) is 0 Å². The predicted octanol–water partition coefficient (Wildman–Crippen LogP) is 6.86. The predicted molar refractivity (Wildman–Crippen MR) is 162 cm³/mol. The number of aromatic nitrogens is 1. The molecule has 2 aliphatic carbocycles. The smallest absolute Gasteiger partial charge is 0.170 e. The first kappa shape index (κ1) is 28.4. The van der Waals surface area contributed by atoms with Crippen molar-refractivity contribution < 1.29 is 14.7 Å². The second kappa shape index (κ2) is 14.0. The van der Waals surface area contributed by atoms with Gasteiger partial charge in [-0.3, -0.25) is 0 Å². The van der Waals surface area contributed by atoms with Crippen LogP contribution in [0.25, 0.3) is 11.3 Å². The number of amidine groups is 1. The number of benzene rings is 2. The third-order valence-corrected chi connectivity index (χ3v) is 9.27. The quantitative estimate of drug-likeness (QED) is 0.0650. The van der Waals surface area contributed by atoms with Crippen molar-refractivity contribution in [3.05, 3.63) is 64.0 Å². The number of hydrogen-bond donors (Lipinski definition) is 3. The zero-order valence-corrected chi connectivity index (χ0v) is 24.1. The highest BCUT2D eigenvalue weighted by molar-refractivity contribution is 7.12. The fourth-order valence-corrected chi connectivity index (χ4v) is 6.74. The van der Waals surface area contributed by atoms with E-state index in [0.29, 0.717) is 30.6 Å². The molecule has 2 fully saturated rings. The Morgan fingerprint density at radius 2 is 1.52 bits per heavy atom. The Morgan fingerprint density at radius 1 is 0.900 bits per heavy atom. The molecule has 1 unspecified atom stereocenters. The third kappa shape index (κ3) is 7.76. The van der Waals surface area contributed by atoms with Gasteiger partial charge < -0.3 is 26.1 Å². The van der Waals surface area contributed by atoms with Gasteiger partial charge in [-0.1, -0.05) is 24.4 Å². The Labute approximate surface area is 241 Å². The summed E-state index contributed by atoms with van der Waals surface area (Å²) in [6, 6.07) is 15.9. The van der Waals surface area contributed by atoms with Crippen LogP contribution in [0.2, 0.25) is 0 Å². The Kier molecular flexibility index (Phi) is 9.95. The number of rotatable bonds is 14. The van der Waals surface area contributed by atoms with Crippen LogP contribution in [0.1, 0.15) is 85.6 Å². The minimum atomic E-state index is 0.0893. The molecule has 2 aliphatic rings. The molecule has 0 radical (unpaired) electrons. The SMILES string of the molecule is NC(=NO)c1ccc(OCCCCCOc2ccc(-c3nc(C4CCCCC4)sc3CC(N)C3CC3)cc2)cc1. The van der Waals surface area contributed by atoms with E-state index in [0.717, 1.165) is 42.9 Å². The summed E-state index contributed by atoms with van der Waals surface area (Å²) in [6.45, 7) is 1.32. The zero-order chi connectivity index (χ0) is 27.7. The Bertz CT molecular complexity index is 1230. The number of hydrogen-bond acceptors (Lipinski definition) is 7. The van der Waals surface area contributed by atoms with E-state index in [1.54, 1.807) is 12.1 Å². The van der Waals surface area contributed by atoms with E-state index >= 15 is 0 Å². The fourth-order valence-electron chi connectivity index (χ4n) is 5.41. The van der Waals surface area contributed by atoms with E-state index in [9.17, 15) is 0 Å². The van der Waals surface area contributed by atoms with E-state index in [1.807, 2.05) is 23.5 Å². The number of nitrogens with two attached hydrogens (primary N) is 2. The highest BCUT2D eigenvalue weighted by Crippen LogP contribution is 2.41. The Morgan fingerprint density at radius 3 is 2.12 bits per heavy atom. The van der Waals surface area contributed by atoms with Crippen molar-refractivity contribution >= 4 is 17.2 Å². The first-order chi connectivity index (χ1) is 19.6. The van der Waals surface area contributed by atoms with Crippen LogP contribution in [0.15, 0.2) is 53.7 Å². The number of unbranched alkanes of at least 4 members (excludes halogenated alkanes) is 2. The van der Waals surface area contributed by atoms with E-state index in [2.05, 4.69) is 29.4 Å². The van der Waals surface area contributed by atoms with Crippen molar-refractivity contribution in [3.63, 3.8) is 0 Å². The van der Waals surface area contributed by atoms with Gasteiger partial charge in [-0.25, -0.2) is 4.98 Å². The molecule has 0 bridgehead atoms. The second-order valence-electron chi connectivity index (χ2n) is 11.2. The standard InChI is InChI=1S/C32H42N4O3S/c33-28(22-9-10-22)21-29-30(35-32(40-29)25-7-3-1-4-8-25)23-11-15-26(16-12-23)38-19-5-2-6-20-39-27-17-13-24(14-18-27)31(34)36-37/h11-18,22,25,28,37H,1-10,19-21,33H2,(H2,34,36). The van der Waals surface area contributed by atoms with Crippen molar-refractivity contribution in [2.45, 2.75) is 82.6 Å². The minimum absolute atomic E-state index is 0.0893. The molecule has 7 nitrogen and oxygen atoms in total. The summed E-state index contributed by atoms with van der Waals surface area (Å²) >= 11 is 1.91. The van der Waals surface area contributed by atoms with E-state index in [-0.39, 0.29) is 11.9 Å². The summed E-state index contributed by atoms with van der Waals surface area (Å²) in [5.41, 5.74) is 15.1. The van der Waals surface area contributed by atoms with Gasteiger partial charge >= 0.3 is 0 Å². The molecule has 8 heteroatoms. The molecule has 0 spiro atoms. The fraction of sp³-hybridized carbons (Fsp3) is 0.500. The lowest BCUT2D eigenvalue weighted by atomic mass is 9.90. The second-order valence-corrected chi connectivity index (χ2v) is 12.3. The van der Waals surface area contributed by atoms with Gasteiger partial charge in [0.2, 0.25) is 0 Å². The van der Waals surface area contributed by atoms with Crippen LogP contribution >= 0.6 is 11.3 Å². The average Bonchev–Trinajstić information content (AvgIpc) is 3.78. The summed E-state index contributed by atoms with van der Waals surface area (Å²) in [6.07, 6.45) is 13.0. The molecule has 0 aliphatic heterocycles. The van der Waals surface area contributed by atoms with E-state index in [1.165, 1.54) is 60.4 Å². The summed E-state index contributed by atoms with van der Waals surface area (Å²) in [4.78, 5) is 6.55. The molecule has 3 aromatic rings. The zero-order valence-electron chi connectivity index (χ0n) is 23.3. The summed E-state index contributed by atoms with van der Waals surface area (Å²) in [5.74, 6) is 3.06. The lowest BCUT2D eigenvalue weighted by molar-refractivity contribution is 0.279. The molecule has 1 aromatic heterocycles. The summed E-state index contributed by atoms with van der Waals surface area (Å²) < 4.78 is 11.8. The monoisotopic (exact) mass is 562 g/mol. The largest absolute Gasteiger partial charge is 0.494 e. The van der Waals surface area contributed by atoms with Crippen LogP contribution in [0.4, 0.5) is 0 Å². The lowest BCUT2D eigenvalue weighted by Crippen LogP contribution is -2.24. The molecule has 2 aromatic carbocycles. The summed E-state index contributed by atoms with van der Waals surface area (Å²) in [5, 5.41) is 13.1. The highest BCUT2D eigenvalue weighted by atomic mass is 32.1. The van der Waals surface area contributed by atoms with Crippen LogP contribution in [-0.2, 0) is 6.42 Å². The number of thiazole rings is 1. The first-order valence-corrected chi connectivity index (χ1v) is 15.6. The Balaban J connectivity index is 1.08. The maximum Gasteiger partial charge on any atom is 0.170 e. The average molecular weight is 563 g/mol. The lowest BCUT2D eigenvalue weighted by Gasteiger charge is -2.18. The summed E-state index contributed by atoms with van der Waals surface area (Å²) in [7, 11) is 0. The molecule has 5 N–H and O–H groups in total. The Hall–Kier alpha value is -3.10. The van der Waals surface area contributed by atoms with Crippen molar-refractivity contribution in [1.82, 2.24) is 4.98 Å². The topological polar surface area (TPSA) is 116 Å². The van der Waals surface area contributed by atoms with E-state index < -0.39 is 0 Å². The first-order valence-electron chi connectivity index (χ1n) is 14.8. The molecule has 1 atom stereocenters. The molecule has 0 amide bonds. The van der Waals surface area contributed by atoms with Crippen LogP contribution < -0.4 is 20.9 Å².